The topological polar surface area (TPSA) is 87.1 Å². The number of anilines is 1. The summed E-state index contributed by atoms with van der Waals surface area (Å²) >= 11 is 1.36. The van der Waals surface area contributed by atoms with Gasteiger partial charge in [0.25, 0.3) is 0 Å². The van der Waals surface area contributed by atoms with Gasteiger partial charge in [-0.25, -0.2) is 9.97 Å². The van der Waals surface area contributed by atoms with Gasteiger partial charge in [0.1, 0.15) is 18.7 Å². The monoisotopic (exact) mass is 356 g/mol. The number of nitrogens with two attached hydrogens (primary N) is 1. The maximum absolute atomic E-state index is 5.84. The van der Waals surface area contributed by atoms with E-state index in [9.17, 15) is 0 Å². The lowest BCUT2D eigenvalue weighted by atomic mass is 9.87. The summed E-state index contributed by atoms with van der Waals surface area (Å²) in [7, 11) is 0. The van der Waals surface area contributed by atoms with Crippen LogP contribution in [0, 0.1) is 0 Å². The van der Waals surface area contributed by atoms with E-state index in [1.807, 2.05) is 18.2 Å². The molecular weight excluding hydrogens is 336 g/mol. The maximum Gasteiger partial charge on any atom is 0.223 e. The first kappa shape index (κ1) is 17.3. The molecule has 0 fully saturated rings. The largest absolute Gasteiger partial charge is 0.486 e. The van der Waals surface area contributed by atoms with E-state index in [1.54, 1.807) is 6.26 Å². The Bertz CT molecular complexity index is 841. The van der Waals surface area contributed by atoms with Crippen molar-refractivity contribution in [3.05, 3.63) is 54.2 Å². The molecule has 0 aliphatic rings. The molecule has 0 amide bonds. The predicted molar refractivity (Wildman–Crippen MR) is 96.5 cm³/mol. The number of aromatic nitrogens is 3. The van der Waals surface area contributed by atoms with Gasteiger partial charge < -0.3 is 14.9 Å². The van der Waals surface area contributed by atoms with Crippen molar-refractivity contribution in [1.29, 1.82) is 0 Å². The molecule has 130 valence electrons. The zero-order chi connectivity index (χ0) is 17.9. The molecule has 2 heterocycles. The van der Waals surface area contributed by atoms with Gasteiger partial charge in [-0.1, -0.05) is 32.9 Å². The van der Waals surface area contributed by atoms with E-state index in [-0.39, 0.29) is 11.4 Å². The van der Waals surface area contributed by atoms with Gasteiger partial charge in [-0.2, -0.15) is 4.98 Å². The Labute approximate surface area is 150 Å². The Morgan fingerprint density at radius 2 is 1.88 bits per heavy atom. The predicted octanol–water partition coefficient (Wildman–Crippen LogP) is 4.07. The first-order valence-electron chi connectivity index (χ1n) is 7.84. The summed E-state index contributed by atoms with van der Waals surface area (Å²) in [5, 5.41) is 0.518. The first-order chi connectivity index (χ1) is 11.9. The van der Waals surface area contributed by atoms with Crippen molar-refractivity contribution in [3.8, 4) is 5.75 Å². The van der Waals surface area contributed by atoms with Crippen molar-refractivity contribution < 1.29 is 9.15 Å². The van der Waals surface area contributed by atoms with E-state index in [4.69, 9.17) is 14.9 Å². The van der Waals surface area contributed by atoms with Gasteiger partial charge in [0.2, 0.25) is 5.95 Å². The second-order valence-corrected chi connectivity index (χ2v) is 7.51. The van der Waals surface area contributed by atoms with Crippen molar-refractivity contribution in [2.45, 2.75) is 42.8 Å². The minimum absolute atomic E-state index is 0.121. The van der Waals surface area contributed by atoms with Crippen LogP contribution in [0.25, 0.3) is 0 Å². The summed E-state index contributed by atoms with van der Waals surface area (Å²) in [6.07, 6.45) is 3.01. The molecule has 0 radical (unpaired) electrons. The summed E-state index contributed by atoms with van der Waals surface area (Å²) in [6.45, 7) is 6.88. The SMILES string of the molecule is CC(C)(C)c1ccc(OCc2occc2Sc2ncnc(N)n2)cc1. The fraction of sp³-hybridized carbons (Fsp3) is 0.278. The molecule has 2 N–H and O–H groups in total. The molecule has 2 aromatic heterocycles. The van der Waals surface area contributed by atoms with Crippen LogP contribution in [-0.4, -0.2) is 15.0 Å². The van der Waals surface area contributed by atoms with E-state index in [2.05, 4.69) is 47.9 Å². The smallest absolute Gasteiger partial charge is 0.223 e. The number of nitrogens with zero attached hydrogens (tertiary/aromatic N) is 3. The Hall–Kier alpha value is -2.54. The average Bonchev–Trinajstić information content (AvgIpc) is 2.99. The number of rotatable bonds is 5. The van der Waals surface area contributed by atoms with Crippen molar-refractivity contribution in [2.24, 2.45) is 0 Å². The minimum Gasteiger partial charge on any atom is -0.486 e. The van der Waals surface area contributed by atoms with Crippen LogP contribution in [0.3, 0.4) is 0 Å². The fourth-order valence-corrected chi connectivity index (χ4v) is 2.95. The number of furan rings is 1. The van der Waals surface area contributed by atoms with Crippen LogP contribution < -0.4 is 10.5 Å². The molecular formula is C18H20N4O2S. The normalized spacial score (nSPS) is 11.5. The Balaban J connectivity index is 1.65. The highest BCUT2D eigenvalue weighted by atomic mass is 32.2. The molecule has 1 aromatic carbocycles. The quantitative estimate of drug-likeness (QED) is 0.737. The summed E-state index contributed by atoms with van der Waals surface area (Å²) in [5.41, 5.74) is 6.97. The van der Waals surface area contributed by atoms with Crippen molar-refractivity contribution in [1.82, 2.24) is 15.0 Å². The third-order valence-electron chi connectivity index (χ3n) is 3.56. The molecule has 0 spiro atoms. The highest BCUT2D eigenvalue weighted by molar-refractivity contribution is 7.99. The van der Waals surface area contributed by atoms with Gasteiger partial charge in [0.05, 0.1) is 11.2 Å². The molecule has 0 unspecified atom stereocenters. The second-order valence-electron chi connectivity index (χ2n) is 6.50. The zero-order valence-electron chi connectivity index (χ0n) is 14.4. The maximum atomic E-state index is 5.84. The molecule has 6 nitrogen and oxygen atoms in total. The molecule has 3 aromatic rings. The summed E-state index contributed by atoms with van der Waals surface area (Å²) in [6, 6.07) is 9.97. The third kappa shape index (κ3) is 4.51. The highest BCUT2D eigenvalue weighted by Crippen LogP contribution is 2.30. The van der Waals surface area contributed by atoms with Crippen LogP contribution in [0.5, 0.6) is 5.75 Å². The van der Waals surface area contributed by atoms with Crippen LogP contribution in [0.4, 0.5) is 5.95 Å². The Kier molecular flexibility index (Phi) is 4.94. The van der Waals surface area contributed by atoms with Crippen LogP contribution in [0.2, 0.25) is 0 Å². The van der Waals surface area contributed by atoms with E-state index in [0.717, 1.165) is 10.6 Å². The number of hydrogen-bond donors (Lipinski definition) is 1. The second kappa shape index (κ2) is 7.14. The van der Waals surface area contributed by atoms with Crippen LogP contribution in [0.1, 0.15) is 32.1 Å². The first-order valence-corrected chi connectivity index (χ1v) is 8.65. The standard InChI is InChI=1S/C18H20N4O2S/c1-18(2,3)12-4-6-13(7-5-12)24-10-14-15(8-9-23-14)25-17-21-11-20-16(19)22-17/h4-9,11H,10H2,1-3H3,(H2,19,20,21,22). The van der Waals surface area contributed by atoms with Gasteiger partial charge in [-0.05, 0) is 40.9 Å². The molecule has 7 heteroatoms. The summed E-state index contributed by atoms with van der Waals surface area (Å²) < 4.78 is 11.4. The van der Waals surface area contributed by atoms with Crippen molar-refractivity contribution in [3.63, 3.8) is 0 Å². The van der Waals surface area contributed by atoms with Gasteiger partial charge >= 0.3 is 0 Å². The number of benzene rings is 1. The molecule has 0 atom stereocenters. The number of ether oxygens (including phenoxy) is 1. The molecule has 25 heavy (non-hydrogen) atoms. The number of nitrogen functional groups attached to an aromatic ring is 1. The van der Waals surface area contributed by atoms with E-state index >= 15 is 0 Å². The van der Waals surface area contributed by atoms with Crippen LogP contribution in [-0.2, 0) is 12.0 Å². The van der Waals surface area contributed by atoms with Gasteiger partial charge in [-0.3, -0.25) is 0 Å². The zero-order valence-corrected chi connectivity index (χ0v) is 15.2. The van der Waals surface area contributed by atoms with Gasteiger partial charge in [-0.15, -0.1) is 0 Å². The lowest BCUT2D eigenvalue weighted by Crippen LogP contribution is -2.10. The Morgan fingerprint density at radius 3 is 2.56 bits per heavy atom. The molecule has 0 saturated carbocycles. The molecule has 0 bridgehead atoms. The lowest BCUT2D eigenvalue weighted by molar-refractivity contribution is 0.266. The number of hydrogen-bond acceptors (Lipinski definition) is 7. The van der Waals surface area contributed by atoms with Crippen molar-refractivity contribution >= 4 is 17.7 Å². The van der Waals surface area contributed by atoms with Crippen LogP contribution in [0.15, 0.2) is 57.4 Å². The highest BCUT2D eigenvalue weighted by Gasteiger charge is 2.14. The summed E-state index contributed by atoms with van der Waals surface area (Å²) in [4.78, 5) is 12.8. The molecule has 0 aliphatic heterocycles. The molecule has 3 rings (SSSR count). The third-order valence-corrected chi connectivity index (χ3v) is 4.53. The average molecular weight is 356 g/mol. The minimum atomic E-state index is 0.121. The molecule has 0 saturated heterocycles. The fourth-order valence-electron chi connectivity index (χ4n) is 2.17. The summed E-state index contributed by atoms with van der Waals surface area (Å²) in [5.74, 6) is 1.70. The van der Waals surface area contributed by atoms with Crippen LogP contribution >= 0.6 is 11.8 Å². The molecule has 0 aliphatic carbocycles. The van der Waals surface area contributed by atoms with E-state index in [0.29, 0.717) is 17.5 Å². The van der Waals surface area contributed by atoms with Gasteiger partial charge in [0.15, 0.2) is 10.9 Å². The Morgan fingerprint density at radius 1 is 1.12 bits per heavy atom. The van der Waals surface area contributed by atoms with E-state index < -0.39 is 0 Å². The lowest BCUT2D eigenvalue weighted by Gasteiger charge is -2.19. The van der Waals surface area contributed by atoms with Gasteiger partial charge in [0, 0.05) is 0 Å². The van der Waals surface area contributed by atoms with Crippen molar-refractivity contribution in [2.75, 3.05) is 5.73 Å². The van der Waals surface area contributed by atoms with E-state index in [1.165, 1.54) is 23.7 Å².